The Morgan fingerprint density at radius 3 is 2.89 bits per heavy atom. The highest BCUT2D eigenvalue weighted by Crippen LogP contribution is 2.13. The largest absolute Gasteiger partial charge is 0.465 e. The second-order valence-corrected chi connectivity index (χ2v) is 4.59. The van der Waals surface area contributed by atoms with Crippen molar-refractivity contribution in [3.8, 4) is 0 Å². The molecule has 0 radical (unpaired) electrons. The summed E-state index contributed by atoms with van der Waals surface area (Å²) in [7, 11) is 0. The molecule has 0 bridgehead atoms. The van der Waals surface area contributed by atoms with Crippen LogP contribution in [0.1, 0.15) is 43.9 Å². The van der Waals surface area contributed by atoms with Gasteiger partial charge in [-0.1, -0.05) is 43.2 Å². The normalized spacial score (nSPS) is 12.2. The fourth-order valence-electron chi connectivity index (χ4n) is 1.68. The van der Waals surface area contributed by atoms with Crippen molar-refractivity contribution in [2.24, 2.45) is 0 Å². The molecular weight excluding hydrogens is 226 g/mol. The molecular formula is C15H23NO2. The van der Waals surface area contributed by atoms with Crippen LogP contribution in [0.25, 0.3) is 0 Å². The molecule has 0 aromatic heterocycles. The first kappa shape index (κ1) is 14.7. The van der Waals surface area contributed by atoms with Gasteiger partial charge in [-0.05, 0) is 25.8 Å². The summed E-state index contributed by atoms with van der Waals surface area (Å²) in [5.41, 5.74) is 2.42. The van der Waals surface area contributed by atoms with Crippen LogP contribution < -0.4 is 5.32 Å². The van der Waals surface area contributed by atoms with Gasteiger partial charge in [0.2, 0.25) is 0 Å². The summed E-state index contributed by atoms with van der Waals surface area (Å²) in [4.78, 5) is 11.4. The predicted octanol–water partition coefficient (Wildman–Crippen LogP) is 2.99. The van der Waals surface area contributed by atoms with E-state index in [1.807, 2.05) is 13.0 Å². The summed E-state index contributed by atoms with van der Waals surface area (Å²) < 4.78 is 5.09. The lowest BCUT2D eigenvalue weighted by molar-refractivity contribution is -0.142. The molecule has 0 saturated carbocycles. The third kappa shape index (κ3) is 5.32. The lowest BCUT2D eigenvalue weighted by Gasteiger charge is -2.14. The maximum absolute atomic E-state index is 11.4. The first-order valence-electron chi connectivity index (χ1n) is 6.59. The number of nitrogens with one attached hydrogen (secondary N) is 1. The van der Waals surface area contributed by atoms with Gasteiger partial charge in [-0.3, -0.25) is 4.79 Å². The van der Waals surface area contributed by atoms with E-state index in [0.717, 1.165) is 12.8 Å². The highest BCUT2D eigenvalue weighted by atomic mass is 16.5. The third-order valence-electron chi connectivity index (χ3n) is 2.86. The Labute approximate surface area is 110 Å². The molecule has 1 N–H and O–H groups in total. The van der Waals surface area contributed by atoms with Crippen LogP contribution in [0.5, 0.6) is 0 Å². The van der Waals surface area contributed by atoms with Gasteiger partial charge in [0.15, 0.2) is 0 Å². The number of rotatable bonds is 7. The second-order valence-electron chi connectivity index (χ2n) is 4.59. The molecule has 0 aliphatic rings. The second kappa shape index (κ2) is 7.88. The third-order valence-corrected chi connectivity index (χ3v) is 2.86. The number of ether oxygens (including phenoxy) is 1. The molecule has 0 unspecified atom stereocenters. The minimum Gasteiger partial charge on any atom is -0.465 e. The highest BCUT2D eigenvalue weighted by molar-refractivity contribution is 5.71. The van der Waals surface area contributed by atoms with E-state index in [1.54, 1.807) is 0 Å². The minimum absolute atomic E-state index is 0.156. The average molecular weight is 249 g/mol. The van der Waals surface area contributed by atoms with Gasteiger partial charge in [0.25, 0.3) is 0 Å². The number of unbranched alkanes of at least 4 members (excludes halogenated alkanes) is 1. The molecule has 0 fully saturated rings. The molecule has 1 aromatic carbocycles. The van der Waals surface area contributed by atoms with E-state index in [-0.39, 0.29) is 18.6 Å². The molecule has 0 amide bonds. The molecule has 3 heteroatoms. The molecule has 1 rings (SSSR count). The van der Waals surface area contributed by atoms with Gasteiger partial charge in [0, 0.05) is 6.04 Å². The van der Waals surface area contributed by atoms with E-state index in [0.29, 0.717) is 6.61 Å². The van der Waals surface area contributed by atoms with Crippen molar-refractivity contribution < 1.29 is 9.53 Å². The summed E-state index contributed by atoms with van der Waals surface area (Å²) in [6, 6.07) is 8.44. The SMILES string of the molecule is CCCCOC(=O)CN[C@H](C)c1cccc(C)c1. The zero-order valence-electron chi connectivity index (χ0n) is 11.5. The van der Waals surface area contributed by atoms with Crippen LogP contribution in [0.3, 0.4) is 0 Å². The molecule has 0 heterocycles. The molecule has 0 spiro atoms. The molecule has 0 aliphatic heterocycles. The van der Waals surface area contributed by atoms with Gasteiger partial charge in [-0.15, -0.1) is 0 Å². The van der Waals surface area contributed by atoms with E-state index < -0.39 is 0 Å². The summed E-state index contributed by atoms with van der Waals surface area (Å²) >= 11 is 0. The number of esters is 1. The van der Waals surface area contributed by atoms with Gasteiger partial charge in [0.05, 0.1) is 13.2 Å². The van der Waals surface area contributed by atoms with Gasteiger partial charge >= 0.3 is 5.97 Å². The predicted molar refractivity (Wildman–Crippen MR) is 73.5 cm³/mol. The fourth-order valence-corrected chi connectivity index (χ4v) is 1.68. The number of hydrogen-bond acceptors (Lipinski definition) is 3. The molecule has 0 aliphatic carbocycles. The number of carbonyl (C=O) groups excluding carboxylic acids is 1. The summed E-state index contributed by atoms with van der Waals surface area (Å²) in [6.07, 6.45) is 1.97. The van der Waals surface area contributed by atoms with E-state index >= 15 is 0 Å². The molecule has 1 aromatic rings. The van der Waals surface area contributed by atoms with Crippen molar-refractivity contribution >= 4 is 5.97 Å². The number of carbonyl (C=O) groups is 1. The Hall–Kier alpha value is -1.35. The van der Waals surface area contributed by atoms with Crippen LogP contribution in [-0.4, -0.2) is 19.1 Å². The Morgan fingerprint density at radius 2 is 2.22 bits per heavy atom. The standard InChI is InChI=1S/C15H23NO2/c1-4-5-9-18-15(17)11-16-13(3)14-8-6-7-12(2)10-14/h6-8,10,13,16H,4-5,9,11H2,1-3H3/t13-/m1/s1. The van der Waals surface area contributed by atoms with Crippen LogP contribution in [0.2, 0.25) is 0 Å². The average Bonchev–Trinajstić information content (AvgIpc) is 2.36. The van der Waals surface area contributed by atoms with Gasteiger partial charge in [0.1, 0.15) is 0 Å². The Bertz CT molecular complexity index is 377. The first-order chi connectivity index (χ1) is 8.63. The zero-order chi connectivity index (χ0) is 13.4. The zero-order valence-corrected chi connectivity index (χ0v) is 11.5. The number of aryl methyl sites for hydroxylation is 1. The monoisotopic (exact) mass is 249 g/mol. The van der Waals surface area contributed by atoms with Crippen LogP contribution in [0, 0.1) is 6.92 Å². The minimum atomic E-state index is -0.178. The molecule has 1 atom stereocenters. The Kier molecular flexibility index (Phi) is 6.44. The van der Waals surface area contributed by atoms with Crippen LogP contribution in [0.4, 0.5) is 0 Å². The quantitative estimate of drug-likeness (QED) is 0.596. The highest BCUT2D eigenvalue weighted by Gasteiger charge is 2.08. The summed E-state index contributed by atoms with van der Waals surface area (Å²) in [5.74, 6) is -0.178. The molecule has 0 saturated heterocycles. The Morgan fingerprint density at radius 1 is 1.44 bits per heavy atom. The fraction of sp³-hybridized carbons (Fsp3) is 0.533. The summed E-state index contributed by atoms with van der Waals surface area (Å²) in [5, 5.41) is 3.18. The number of hydrogen-bond donors (Lipinski definition) is 1. The van der Waals surface area contributed by atoms with Crippen molar-refractivity contribution in [1.29, 1.82) is 0 Å². The van der Waals surface area contributed by atoms with Gasteiger partial charge < -0.3 is 10.1 Å². The van der Waals surface area contributed by atoms with Gasteiger partial charge in [-0.2, -0.15) is 0 Å². The van der Waals surface area contributed by atoms with Crippen molar-refractivity contribution in [3.63, 3.8) is 0 Å². The van der Waals surface area contributed by atoms with E-state index in [1.165, 1.54) is 11.1 Å². The van der Waals surface area contributed by atoms with E-state index in [4.69, 9.17) is 4.74 Å². The topological polar surface area (TPSA) is 38.3 Å². The van der Waals surface area contributed by atoms with E-state index in [2.05, 4.69) is 37.4 Å². The Balaban J connectivity index is 2.32. The molecule has 3 nitrogen and oxygen atoms in total. The van der Waals surface area contributed by atoms with Crippen LogP contribution >= 0.6 is 0 Å². The lowest BCUT2D eigenvalue weighted by atomic mass is 10.1. The maximum atomic E-state index is 11.4. The first-order valence-corrected chi connectivity index (χ1v) is 6.59. The van der Waals surface area contributed by atoms with E-state index in [9.17, 15) is 4.79 Å². The smallest absolute Gasteiger partial charge is 0.319 e. The lowest BCUT2D eigenvalue weighted by Crippen LogP contribution is -2.27. The van der Waals surface area contributed by atoms with Crippen molar-refractivity contribution in [2.45, 2.75) is 39.7 Å². The van der Waals surface area contributed by atoms with Crippen LogP contribution in [0.15, 0.2) is 24.3 Å². The van der Waals surface area contributed by atoms with Crippen molar-refractivity contribution in [3.05, 3.63) is 35.4 Å². The molecule has 18 heavy (non-hydrogen) atoms. The van der Waals surface area contributed by atoms with Crippen molar-refractivity contribution in [1.82, 2.24) is 5.32 Å². The van der Waals surface area contributed by atoms with Crippen molar-refractivity contribution in [2.75, 3.05) is 13.2 Å². The molecule has 100 valence electrons. The van der Waals surface area contributed by atoms with Crippen LogP contribution in [-0.2, 0) is 9.53 Å². The summed E-state index contributed by atoms with van der Waals surface area (Å²) in [6.45, 7) is 6.98. The van der Waals surface area contributed by atoms with Gasteiger partial charge in [-0.25, -0.2) is 0 Å². The number of benzene rings is 1. The maximum Gasteiger partial charge on any atom is 0.319 e.